The van der Waals surface area contributed by atoms with Gasteiger partial charge in [-0.25, -0.2) is 0 Å². The lowest BCUT2D eigenvalue weighted by molar-refractivity contribution is -0.140. The van der Waals surface area contributed by atoms with E-state index in [4.69, 9.17) is 0 Å². The van der Waals surface area contributed by atoms with Gasteiger partial charge in [-0.2, -0.15) is 0 Å². The van der Waals surface area contributed by atoms with Gasteiger partial charge in [0.2, 0.25) is 0 Å². The molecule has 1 fully saturated rings. The number of benzene rings is 1. The highest BCUT2D eigenvalue weighted by Gasteiger charge is 2.44. The minimum absolute atomic E-state index is 0.164. The topological polar surface area (TPSA) is 49.3 Å². The van der Waals surface area contributed by atoms with Crippen LogP contribution in [0.2, 0.25) is 0 Å². The van der Waals surface area contributed by atoms with Crippen LogP contribution in [0.5, 0.6) is 0 Å². The summed E-state index contributed by atoms with van der Waals surface area (Å²) in [5, 5.41) is 12.6. The van der Waals surface area contributed by atoms with Gasteiger partial charge < -0.3 is 5.11 Å². The molecule has 0 saturated carbocycles. The number of hydrogen-bond donors (Lipinski definition) is 2. The first-order valence-corrected chi connectivity index (χ1v) is 7.34. The number of carboxylic acid groups (broad SMARTS) is 1. The van der Waals surface area contributed by atoms with E-state index in [1.807, 2.05) is 11.8 Å². The molecule has 3 rings (SSSR count). The van der Waals surface area contributed by atoms with Crippen molar-refractivity contribution in [2.75, 3.05) is 5.75 Å². The highest BCUT2D eigenvalue weighted by atomic mass is 32.2. The first kappa shape index (κ1) is 12.1. The Hall–Kier alpha value is -1.00. The van der Waals surface area contributed by atoms with Crippen molar-refractivity contribution in [1.29, 1.82) is 0 Å². The Kier molecular flexibility index (Phi) is 2.87. The van der Waals surface area contributed by atoms with Crippen LogP contribution in [0, 0.1) is 6.92 Å². The standard InChI is InChI=1S/C14H17NO2S/c1-9-2-3-10-4-6-14(11(10)8-9)15-12(13(16)17)5-7-18-14/h2-3,8,12,15H,4-7H2,1H3,(H,16,17). The van der Waals surface area contributed by atoms with Crippen LogP contribution in [0.25, 0.3) is 0 Å². The molecule has 1 spiro atoms. The van der Waals surface area contributed by atoms with Crippen LogP contribution in [0.15, 0.2) is 18.2 Å². The van der Waals surface area contributed by atoms with Gasteiger partial charge in [-0.15, -0.1) is 11.8 Å². The Morgan fingerprint density at radius 1 is 1.56 bits per heavy atom. The van der Waals surface area contributed by atoms with Gasteiger partial charge in [0, 0.05) is 0 Å². The van der Waals surface area contributed by atoms with Gasteiger partial charge in [-0.05, 0) is 43.1 Å². The summed E-state index contributed by atoms with van der Waals surface area (Å²) in [6.45, 7) is 2.09. The quantitative estimate of drug-likeness (QED) is 0.816. The number of nitrogens with one attached hydrogen (secondary N) is 1. The molecule has 0 aromatic heterocycles. The van der Waals surface area contributed by atoms with Gasteiger partial charge in [0.1, 0.15) is 6.04 Å². The Morgan fingerprint density at radius 2 is 2.39 bits per heavy atom. The summed E-state index contributed by atoms with van der Waals surface area (Å²) in [6, 6.07) is 6.14. The number of thioether (sulfide) groups is 1. The number of rotatable bonds is 1. The van der Waals surface area contributed by atoms with Crippen molar-refractivity contribution < 1.29 is 9.90 Å². The van der Waals surface area contributed by atoms with Crippen molar-refractivity contribution in [3.63, 3.8) is 0 Å². The molecule has 0 bridgehead atoms. The SMILES string of the molecule is Cc1ccc2c(c1)C1(CC2)NC(C(=O)O)CCS1. The average Bonchev–Trinajstić information content (AvgIpc) is 2.68. The molecule has 0 amide bonds. The van der Waals surface area contributed by atoms with Crippen molar-refractivity contribution in [3.8, 4) is 0 Å². The Balaban J connectivity index is 1.98. The van der Waals surface area contributed by atoms with Crippen LogP contribution in [0.4, 0.5) is 0 Å². The first-order chi connectivity index (χ1) is 8.61. The molecule has 0 radical (unpaired) electrons. The van der Waals surface area contributed by atoms with Gasteiger partial charge in [0.05, 0.1) is 4.87 Å². The normalized spacial score (nSPS) is 30.4. The molecule has 1 heterocycles. The maximum atomic E-state index is 11.2. The van der Waals surface area contributed by atoms with E-state index in [0.29, 0.717) is 6.42 Å². The van der Waals surface area contributed by atoms with Gasteiger partial charge in [0.25, 0.3) is 0 Å². The number of aryl methyl sites for hydroxylation is 2. The second kappa shape index (κ2) is 4.28. The highest BCUT2D eigenvalue weighted by Crippen LogP contribution is 2.48. The molecule has 1 aliphatic heterocycles. The first-order valence-electron chi connectivity index (χ1n) is 6.35. The van der Waals surface area contributed by atoms with E-state index in [1.165, 1.54) is 16.7 Å². The number of carboxylic acids is 1. The Bertz CT molecular complexity index is 499. The molecule has 1 saturated heterocycles. The molecule has 1 aromatic carbocycles. The number of fused-ring (bicyclic) bond motifs is 2. The van der Waals surface area contributed by atoms with Gasteiger partial charge in [0.15, 0.2) is 0 Å². The molecule has 3 nitrogen and oxygen atoms in total. The van der Waals surface area contributed by atoms with Crippen LogP contribution in [0.3, 0.4) is 0 Å². The molecule has 1 aromatic rings. The summed E-state index contributed by atoms with van der Waals surface area (Å²) in [7, 11) is 0. The smallest absolute Gasteiger partial charge is 0.320 e. The van der Waals surface area contributed by atoms with Gasteiger partial charge in [-0.3, -0.25) is 10.1 Å². The van der Waals surface area contributed by atoms with Crippen LogP contribution < -0.4 is 5.32 Å². The van der Waals surface area contributed by atoms with Crippen molar-refractivity contribution in [2.24, 2.45) is 0 Å². The van der Waals surface area contributed by atoms with Crippen LogP contribution in [-0.4, -0.2) is 22.9 Å². The fraction of sp³-hybridized carbons (Fsp3) is 0.500. The Morgan fingerprint density at radius 3 is 3.17 bits per heavy atom. The molecule has 96 valence electrons. The number of hydrogen-bond acceptors (Lipinski definition) is 3. The van der Waals surface area contributed by atoms with E-state index < -0.39 is 12.0 Å². The maximum absolute atomic E-state index is 11.2. The zero-order valence-electron chi connectivity index (χ0n) is 10.4. The van der Waals surface area contributed by atoms with E-state index in [9.17, 15) is 9.90 Å². The lowest BCUT2D eigenvalue weighted by atomic mass is 10.0. The van der Waals surface area contributed by atoms with Crippen LogP contribution in [-0.2, 0) is 16.1 Å². The van der Waals surface area contributed by atoms with Gasteiger partial charge >= 0.3 is 5.97 Å². The second-order valence-electron chi connectivity index (χ2n) is 5.16. The average molecular weight is 263 g/mol. The lowest BCUT2D eigenvalue weighted by Crippen LogP contribution is -2.51. The summed E-state index contributed by atoms with van der Waals surface area (Å²) in [6.07, 6.45) is 2.76. The lowest BCUT2D eigenvalue weighted by Gasteiger charge is -2.38. The molecular formula is C14H17NO2S. The zero-order chi connectivity index (χ0) is 12.8. The monoisotopic (exact) mass is 263 g/mol. The molecular weight excluding hydrogens is 246 g/mol. The number of carbonyl (C=O) groups is 1. The third-order valence-electron chi connectivity index (χ3n) is 3.91. The van der Waals surface area contributed by atoms with E-state index in [-0.39, 0.29) is 4.87 Å². The Labute approximate surface area is 111 Å². The third-order valence-corrected chi connectivity index (χ3v) is 5.38. The summed E-state index contributed by atoms with van der Waals surface area (Å²) in [5.41, 5.74) is 3.92. The van der Waals surface area contributed by atoms with Crippen LogP contribution in [0.1, 0.15) is 29.5 Å². The van der Waals surface area contributed by atoms with E-state index >= 15 is 0 Å². The fourth-order valence-corrected chi connectivity index (χ4v) is 4.48. The van der Waals surface area contributed by atoms with Crippen molar-refractivity contribution in [1.82, 2.24) is 5.32 Å². The summed E-state index contributed by atoms with van der Waals surface area (Å²) < 4.78 is 0. The number of aliphatic carboxylic acids is 1. The molecule has 1 aliphatic carbocycles. The second-order valence-corrected chi connectivity index (χ2v) is 6.55. The zero-order valence-corrected chi connectivity index (χ0v) is 11.2. The minimum Gasteiger partial charge on any atom is -0.480 e. The fourth-order valence-electron chi connectivity index (χ4n) is 2.96. The highest BCUT2D eigenvalue weighted by molar-refractivity contribution is 8.00. The predicted molar refractivity (Wildman–Crippen MR) is 72.8 cm³/mol. The predicted octanol–water partition coefficient (Wildman–Crippen LogP) is 2.27. The molecule has 2 aliphatic rings. The van der Waals surface area contributed by atoms with Crippen LogP contribution >= 0.6 is 11.8 Å². The van der Waals surface area contributed by atoms with Crippen molar-refractivity contribution in [2.45, 2.75) is 37.1 Å². The molecule has 2 N–H and O–H groups in total. The summed E-state index contributed by atoms with van der Waals surface area (Å²) in [5.74, 6) is 0.188. The summed E-state index contributed by atoms with van der Waals surface area (Å²) >= 11 is 1.87. The van der Waals surface area contributed by atoms with E-state index in [0.717, 1.165) is 18.6 Å². The molecule has 2 unspecified atom stereocenters. The van der Waals surface area contributed by atoms with E-state index in [2.05, 4.69) is 30.4 Å². The summed E-state index contributed by atoms with van der Waals surface area (Å²) in [4.78, 5) is 11.0. The molecule has 4 heteroatoms. The van der Waals surface area contributed by atoms with E-state index in [1.54, 1.807) is 0 Å². The largest absolute Gasteiger partial charge is 0.480 e. The van der Waals surface area contributed by atoms with Crippen molar-refractivity contribution in [3.05, 3.63) is 34.9 Å². The van der Waals surface area contributed by atoms with Crippen molar-refractivity contribution >= 4 is 17.7 Å². The van der Waals surface area contributed by atoms with Gasteiger partial charge in [-0.1, -0.05) is 23.8 Å². The third kappa shape index (κ3) is 1.84. The maximum Gasteiger partial charge on any atom is 0.320 e. The minimum atomic E-state index is -0.726. The molecule has 18 heavy (non-hydrogen) atoms. The molecule has 2 atom stereocenters.